The Labute approximate surface area is 84.8 Å². The van der Waals surface area contributed by atoms with Gasteiger partial charge in [0.15, 0.2) is 0 Å². The van der Waals surface area contributed by atoms with Crippen LogP contribution in [-0.2, 0) is 14.3 Å². The largest absolute Gasteiger partial charge is 0.465 e. The van der Waals surface area contributed by atoms with Gasteiger partial charge in [0.2, 0.25) is 0 Å². The lowest BCUT2D eigenvalue weighted by Gasteiger charge is -2.35. The Hall–Kier alpha value is -0.570. The Morgan fingerprint density at radius 1 is 1.50 bits per heavy atom. The highest BCUT2D eigenvalue weighted by Gasteiger charge is 2.52. The van der Waals surface area contributed by atoms with E-state index in [0.29, 0.717) is 6.61 Å². The van der Waals surface area contributed by atoms with E-state index in [1.165, 1.54) is 6.42 Å². The maximum Gasteiger partial charge on any atom is 0.314 e. The third kappa shape index (κ3) is 1.44. The summed E-state index contributed by atoms with van der Waals surface area (Å²) in [6, 6.07) is 0. The molecule has 0 aromatic heterocycles. The van der Waals surface area contributed by atoms with Crippen molar-refractivity contribution in [1.82, 2.24) is 0 Å². The second kappa shape index (κ2) is 3.89. The molecule has 1 saturated carbocycles. The van der Waals surface area contributed by atoms with Gasteiger partial charge in [-0.3, -0.25) is 4.79 Å². The number of carbonyl (C=O) groups excluding carboxylic acids is 1. The highest BCUT2D eigenvalue weighted by Crippen LogP contribution is 2.46. The molecule has 2 fully saturated rings. The SMILES string of the molecule is CCOC(=O)[C@]12CCCC[C@H]1OCC2. The van der Waals surface area contributed by atoms with Crippen LogP contribution < -0.4 is 0 Å². The van der Waals surface area contributed by atoms with Crippen LogP contribution in [0, 0.1) is 5.41 Å². The van der Waals surface area contributed by atoms with Gasteiger partial charge < -0.3 is 9.47 Å². The van der Waals surface area contributed by atoms with Crippen LogP contribution in [0.5, 0.6) is 0 Å². The minimum absolute atomic E-state index is 0.0257. The van der Waals surface area contributed by atoms with Crippen molar-refractivity contribution in [1.29, 1.82) is 0 Å². The quantitative estimate of drug-likeness (QED) is 0.636. The van der Waals surface area contributed by atoms with Gasteiger partial charge in [0, 0.05) is 6.61 Å². The molecule has 0 N–H and O–H groups in total. The summed E-state index contributed by atoms with van der Waals surface area (Å²) in [5.41, 5.74) is -0.283. The number of esters is 1. The molecule has 3 heteroatoms. The summed E-state index contributed by atoms with van der Waals surface area (Å²) in [5, 5.41) is 0. The molecule has 0 bridgehead atoms. The molecule has 0 unspecified atom stereocenters. The van der Waals surface area contributed by atoms with E-state index >= 15 is 0 Å². The topological polar surface area (TPSA) is 35.5 Å². The first-order valence-electron chi connectivity index (χ1n) is 5.58. The molecule has 2 aliphatic rings. The van der Waals surface area contributed by atoms with Gasteiger partial charge in [-0.15, -0.1) is 0 Å². The van der Waals surface area contributed by atoms with Crippen molar-refractivity contribution < 1.29 is 14.3 Å². The monoisotopic (exact) mass is 198 g/mol. The van der Waals surface area contributed by atoms with Crippen molar-refractivity contribution >= 4 is 5.97 Å². The van der Waals surface area contributed by atoms with Gasteiger partial charge in [-0.05, 0) is 26.2 Å². The van der Waals surface area contributed by atoms with Crippen molar-refractivity contribution in [3.05, 3.63) is 0 Å². The van der Waals surface area contributed by atoms with Crippen molar-refractivity contribution in [2.24, 2.45) is 5.41 Å². The van der Waals surface area contributed by atoms with Gasteiger partial charge in [-0.1, -0.05) is 12.8 Å². The number of hydrogen-bond donors (Lipinski definition) is 0. The Bertz CT molecular complexity index is 227. The molecule has 80 valence electrons. The molecule has 1 aliphatic carbocycles. The zero-order chi connectivity index (χ0) is 10.0. The lowest BCUT2D eigenvalue weighted by atomic mass is 9.71. The van der Waals surface area contributed by atoms with Gasteiger partial charge in [-0.2, -0.15) is 0 Å². The van der Waals surface area contributed by atoms with Crippen LogP contribution in [-0.4, -0.2) is 25.3 Å². The van der Waals surface area contributed by atoms with Crippen molar-refractivity contribution in [2.45, 2.75) is 45.1 Å². The second-order valence-electron chi connectivity index (χ2n) is 4.23. The van der Waals surface area contributed by atoms with Gasteiger partial charge in [-0.25, -0.2) is 0 Å². The molecule has 1 heterocycles. The Kier molecular flexibility index (Phi) is 2.77. The Balaban J connectivity index is 2.13. The lowest BCUT2D eigenvalue weighted by Crippen LogP contribution is -2.42. The van der Waals surface area contributed by atoms with Crippen molar-refractivity contribution in [3.63, 3.8) is 0 Å². The summed E-state index contributed by atoms with van der Waals surface area (Å²) in [6.07, 6.45) is 5.30. The summed E-state index contributed by atoms with van der Waals surface area (Å²) in [7, 11) is 0. The molecule has 1 aliphatic heterocycles. The summed E-state index contributed by atoms with van der Waals surface area (Å²) in [4.78, 5) is 11.9. The third-order valence-electron chi connectivity index (χ3n) is 3.50. The fraction of sp³-hybridized carbons (Fsp3) is 0.909. The van der Waals surface area contributed by atoms with E-state index in [0.717, 1.165) is 32.3 Å². The van der Waals surface area contributed by atoms with E-state index in [1.807, 2.05) is 6.92 Å². The molecule has 0 spiro atoms. The normalized spacial score (nSPS) is 36.5. The number of ether oxygens (including phenoxy) is 2. The molecule has 0 aromatic rings. The first-order valence-corrected chi connectivity index (χ1v) is 5.58. The predicted molar refractivity (Wildman–Crippen MR) is 51.9 cm³/mol. The summed E-state index contributed by atoms with van der Waals surface area (Å²) in [5.74, 6) is -0.0257. The van der Waals surface area contributed by atoms with Crippen LogP contribution in [0.2, 0.25) is 0 Å². The summed E-state index contributed by atoms with van der Waals surface area (Å²) >= 11 is 0. The fourth-order valence-corrected chi connectivity index (χ4v) is 2.73. The molecule has 0 aromatic carbocycles. The summed E-state index contributed by atoms with van der Waals surface area (Å²) in [6.45, 7) is 3.07. The van der Waals surface area contributed by atoms with Gasteiger partial charge in [0.1, 0.15) is 0 Å². The molecule has 2 rings (SSSR count). The average Bonchev–Trinajstić information content (AvgIpc) is 2.62. The minimum Gasteiger partial charge on any atom is -0.465 e. The molecular weight excluding hydrogens is 180 g/mol. The maximum absolute atomic E-state index is 11.9. The predicted octanol–water partition coefficient (Wildman–Crippen LogP) is 1.90. The van der Waals surface area contributed by atoms with Gasteiger partial charge in [0.25, 0.3) is 0 Å². The Morgan fingerprint density at radius 2 is 2.36 bits per heavy atom. The second-order valence-corrected chi connectivity index (χ2v) is 4.23. The highest BCUT2D eigenvalue weighted by atomic mass is 16.5. The van der Waals surface area contributed by atoms with Crippen LogP contribution in [0.25, 0.3) is 0 Å². The number of carbonyl (C=O) groups is 1. The first-order chi connectivity index (χ1) is 6.79. The molecule has 14 heavy (non-hydrogen) atoms. The van der Waals surface area contributed by atoms with Crippen molar-refractivity contribution in [3.8, 4) is 0 Å². The smallest absolute Gasteiger partial charge is 0.314 e. The summed E-state index contributed by atoms with van der Waals surface area (Å²) < 4.78 is 10.8. The molecule has 3 nitrogen and oxygen atoms in total. The minimum atomic E-state index is -0.283. The average molecular weight is 198 g/mol. The molecular formula is C11H18O3. The van der Waals surface area contributed by atoms with E-state index in [4.69, 9.17) is 9.47 Å². The Morgan fingerprint density at radius 3 is 3.14 bits per heavy atom. The van der Waals surface area contributed by atoms with Crippen LogP contribution in [0.3, 0.4) is 0 Å². The molecule has 1 saturated heterocycles. The number of fused-ring (bicyclic) bond motifs is 1. The van der Waals surface area contributed by atoms with Gasteiger partial charge >= 0.3 is 5.97 Å². The van der Waals surface area contributed by atoms with Crippen LogP contribution >= 0.6 is 0 Å². The van der Waals surface area contributed by atoms with Crippen molar-refractivity contribution in [2.75, 3.05) is 13.2 Å². The van der Waals surface area contributed by atoms with E-state index in [1.54, 1.807) is 0 Å². The molecule has 0 amide bonds. The van der Waals surface area contributed by atoms with E-state index in [2.05, 4.69) is 0 Å². The zero-order valence-corrected chi connectivity index (χ0v) is 8.75. The fourth-order valence-electron chi connectivity index (χ4n) is 2.73. The number of rotatable bonds is 2. The lowest BCUT2D eigenvalue weighted by molar-refractivity contribution is -0.161. The highest BCUT2D eigenvalue weighted by molar-refractivity contribution is 5.78. The van der Waals surface area contributed by atoms with Crippen LogP contribution in [0.1, 0.15) is 39.0 Å². The van der Waals surface area contributed by atoms with E-state index in [-0.39, 0.29) is 17.5 Å². The van der Waals surface area contributed by atoms with Crippen LogP contribution in [0.15, 0.2) is 0 Å². The van der Waals surface area contributed by atoms with Gasteiger partial charge in [0.05, 0.1) is 18.1 Å². The molecule has 0 radical (unpaired) electrons. The maximum atomic E-state index is 11.9. The number of hydrogen-bond acceptors (Lipinski definition) is 3. The standard InChI is InChI=1S/C11H18O3/c1-2-13-10(12)11-6-4-3-5-9(11)14-8-7-11/h9H,2-8H2,1H3/t9-,11+/m1/s1. The zero-order valence-electron chi connectivity index (χ0n) is 8.75. The van der Waals surface area contributed by atoms with E-state index < -0.39 is 0 Å². The first kappa shape index (κ1) is 9.97. The third-order valence-corrected chi connectivity index (χ3v) is 3.50. The molecule has 2 atom stereocenters. The van der Waals surface area contributed by atoms with Crippen LogP contribution in [0.4, 0.5) is 0 Å². The van der Waals surface area contributed by atoms with E-state index in [9.17, 15) is 4.79 Å².